The van der Waals surface area contributed by atoms with Crippen molar-refractivity contribution in [3.05, 3.63) is 0 Å². The number of halogens is 1. The molecule has 1 saturated heterocycles. The molecule has 0 radical (unpaired) electrons. The van der Waals surface area contributed by atoms with E-state index < -0.39 is 0 Å². The van der Waals surface area contributed by atoms with Gasteiger partial charge in [-0.3, -0.25) is 4.99 Å². The first-order chi connectivity index (χ1) is 11.3. The van der Waals surface area contributed by atoms with E-state index in [1.807, 2.05) is 0 Å². The fourth-order valence-electron chi connectivity index (χ4n) is 3.85. The van der Waals surface area contributed by atoms with Gasteiger partial charge >= 0.3 is 0 Å². The van der Waals surface area contributed by atoms with E-state index in [1.165, 1.54) is 57.8 Å². The van der Waals surface area contributed by atoms with Gasteiger partial charge in [0.2, 0.25) is 0 Å². The van der Waals surface area contributed by atoms with Crippen LogP contribution in [0.25, 0.3) is 0 Å². The number of aliphatic imine (C=N–C) groups is 1. The van der Waals surface area contributed by atoms with Gasteiger partial charge in [-0.15, -0.1) is 24.0 Å². The lowest BCUT2D eigenvalue weighted by Gasteiger charge is -2.27. The fourth-order valence-corrected chi connectivity index (χ4v) is 3.85. The quantitative estimate of drug-likeness (QED) is 0.259. The van der Waals surface area contributed by atoms with Crippen molar-refractivity contribution in [2.45, 2.75) is 64.7 Å². The average molecular weight is 451 g/mol. The van der Waals surface area contributed by atoms with E-state index in [9.17, 15) is 0 Å². The molecule has 0 aromatic carbocycles. The van der Waals surface area contributed by atoms with Crippen LogP contribution in [0.1, 0.15) is 64.7 Å². The standard InChI is InChI=1S/C19H37N3O.HI/c1-3-20-19(21-13-6-9-17-7-4-5-8-17)22(2)14-10-18-11-15-23-16-12-18;/h17-18H,3-16H2,1-2H3,(H,20,21);1H. The van der Waals surface area contributed by atoms with Gasteiger partial charge in [0.05, 0.1) is 0 Å². The molecule has 0 unspecified atom stereocenters. The van der Waals surface area contributed by atoms with Crippen molar-refractivity contribution >= 4 is 29.9 Å². The van der Waals surface area contributed by atoms with E-state index in [0.717, 1.165) is 50.6 Å². The Morgan fingerprint density at radius 1 is 1.08 bits per heavy atom. The lowest BCUT2D eigenvalue weighted by molar-refractivity contribution is 0.0625. The molecule has 5 heteroatoms. The summed E-state index contributed by atoms with van der Waals surface area (Å²) in [4.78, 5) is 7.16. The van der Waals surface area contributed by atoms with E-state index in [0.29, 0.717) is 0 Å². The molecule has 0 aromatic heterocycles. The number of guanidine groups is 1. The fraction of sp³-hybridized carbons (Fsp3) is 0.947. The van der Waals surface area contributed by atoms with Crippen LogP contribution in [0, 0.1) is 11.8 Å². The predicted molar refractivity (Wildman–Crippen MR) is 113 cm³/mol. The summed E-state index contributed by atoms with van der Waals surface area (Å²) in [6, 6.07) is 0. The number of nitrogens with zero attached hydrogens (tertiary/aromatic N) is 2. The Morgan fingerprint density at radius 2 is 1.75 bits per heavy atom. The Morgan fingerprint density at radius 3 is 2.42 bits per heavy atom. The second-order valence-electron chi connectivity index (χ2n) is 7.29. The van der Waals surface area contributed by atoms with Crippen LogP contribution < -0.4 is 5.32 Å². The van der Waals surface area contributed by atoms with E-state index in [1.54, 1.807) is 0 Å². The molecule has 0 amide bonds. The highest BCUT2D eigenvalue weighted by atomic mass is 127. The first-order valence-electron chi connectivity index (χ1n) is 9.86. The summed E-state index contributed by atoms with van der Waals surface area (Å²) in [5.74, 6) is 2.90. The SMILES string of the molecule is CCNC(=NCCCC1CCCC1)N(C)CCC1CCOCC1.I. The molecule has 4 nitrogen and oxygen atoms in total. The maximum Gasteiger partial charge on any atom is 0.193 e. The Bertz CT molecular complexity index is 340. The van der Waals surface area contributed by atoms with Crippen molar-refractivity contribution < 1.29 is 4.74 Å². The van der Waals surface area contributed by atoms with Crippen molar-refractivity contribution in [3.8, 4) is 0 Å². The zero-order valence-electron chi connectivity index (χ0n) is 15.8. The third-order valence-electron chi connectivity index (χ3n) is 5.42. The van der Waals surface area contributed by atoms with Crippen LogP contribution in [0.15, 0.2) is 4.99 Å². The monoisotopic (exact) mass is 451 g/mol. The van der Waals surface area contributed by atoms with E-state index in [2.05, 4.69) is 24.2 Å². The van der Waals surface area contributed by atoms with Gasteiger partial charge in [0, 0.05) is 39.9 Å². The topological polar surface area (TPSA) is 36.9 Å². The molecule has 2 fully saturated rings. The third kappa shape index (κ3) is 8.37. The van der Waals surface area contributed by atoms with Crippen LogP contribution in [0.4, 0.5) is 0 Å². The number of nitrogens with one attached hydrogen (secondary N) is 1. The van der Waals surface area contributed by atoms with E-state index >= 15 is 0 Å². The second-order valence-corrected chi connectivity index (χ2v) is 7.29. The highest BCUT2D eigenvalue weighted by molar-refractivity contribution is 14.0. The zero-order valence-corrected chi connectivity index (χ0v) is 18.1. The molecular formula is C19H38IN3O. The highest BCUT2D eigenvalue weighted by Crippen LogP contribution is 2.28. The molecule has 142 valence electrons. The van der Waals surface area contributed by atoms with Gasteiger partial charge in [-0.2, -0.15) is 0 Å². The van der Waals surface area contributed by atoms with Crippen LogP contribution in [-0.4, -0.2) is 50.8 Å². The van der Waals surface area contributed by atoms with Gasteiger partial charge in [0.15, 0.2) is 5.96 Å². The summed E-state index contributed by atoms with van der Waals surface area (Å²) >= 11 is 0. The normalized spacial score (nSPS) is 20.0. The first-order valence-corrected chi connectivity index (χ1v) is 9.86. The van der Waals surface area contributed by atoms with Crippen LogP contribution >= 0.6 is 24.0 Å². The van der Waals surface area contributed by atoms with Crippen LogP contribution in [0.2, 0.25) is 0 Å². The Balaban J connectivity index is 0.00000288. The van der Waals surface area contributed by atoms with Gasteiger partial charge in [0.25, 0.3) is 0 Å². The molecule has 2 rings (SSSR count). The molecular weight excluding hydrogens is 413 g/mol. The van der Waals surface area contributed by atoms with Gasteiger partial charge in [-0.25, -0.2) is 0 Å². The molecule has 1 N–H and O–H groups in total. The van der Waals surface area contributed by atoms with E-state index in [-0.39, 0.29) is 24.0 Å². The number of hydrogen-bond acceptors (Lipinski definition) is 2. The summed E-state index contributed by atoms with van der Waals surface area (Å²) in [5, 5.41) is 3.45. The minimum absolute atomic E-state index is 0. The van der Waals surface area contributed by atoms with Crippen molar-refractivity contribution in [1.82, 2.24) is 10.2 Å². The molecule has 1 aliphatic carbocycles. The van der Waals surface area contributed by atoms with Gasteiger partial charge in [-0.1, -0.05) is 25.7 Å². The third-order valence-corrected chi connectivity index (χ3v) is 5.42. The van der Waals surface area contributed by atoms with Crippen LogP contribution in [0.3, 0.4) is 0 Å². The number of rotatable bonds is 8. The Labute approximate surface area is 166 Å². The lowest BCUT2D eigenvalue weighted by atomic mass is 9.96. The maximum atomic E-state index is 5.45. The van der Waals surface area contributed by atoms with Crippen molar-refractivity contribution in [2.75, 3.05) is 39.9 Å². The summed E-state index contributed by atoms with van der Waals surface area (Å²) in [7, 11) is 2.18. The largest absolute Gasteiger partial charge is 0.381 e. The van der Waals surface area contributed by atoms with Crippen molar-refractivity contribution in [1.29, 1.82) is 0 Å². The molecule has 1 heterocycles. The molecule has 1 aliphatic heterocycles. The van der Waals surface area contributed by atoms with Gasteiger partial charge in [0.1, 0.15) is 0 Å². The molecule has 1 saturated carbocycles. The van der Waals surface area contributed by atoms with Crippen LogP contribution in [0.5, 0.6) is 0 Å². The Kier molecular flexibility index (Phi) is 12.1. The molecule has 0 aromatic rings. The molecule has 0 spiro atoms. The Hall–Kier alpha value is -0.0400. The minimum atomic E-state index is 0. The molecule has 2 aliphatic rings. The van der Waals surface area contributed by atoms with Crippen molar-refractivity contribution in [2.24, 2.45) is 16.8 Å². The lowest BCUT2D eigenvalue weighted by Crippen LogP contribution is -2.40. The smallest absolute Gasteiger partial charge is 0.193 e. The zero-order chi connectivity index (χ0) is 16.3. The predicted octanol–water partition coefficient (Wildman–Crippen LogP) is 4.29. The number of hydrogen-bond donors (Lipinski definition) is 1. The first kappa shape index (κ1) is 22.0. The average Bonchev–Trinajstić information content (AvgIpc) is 3.10. The maximum absolute atomic E-state index is 5.45. The van der Waals surface area contributed by atoms with E-state index in [4.69, 9.17) is 9.73 Å². The molecule has 0 atom stereocenters. The number of ether oxygens (including phenoxy) is 1. The second kappa shape index (κ2) is 13.2. The molecule has 24 heavy (non-hydrogen) atoms. The van der Waals surface area contributed by atoms with Gasteiger partial charge < -0.3 is 15.0 Å². The minimum Gasteiger partial charge on any atom is -0.381 e. The summed E-state index contributed by atoms with van der Waals surface area (Å²) < 4.78 is 5.45. The van der Waals surface area contributed by atoms with Gasteiger partial charge in [-0.05, 0) is 50.9 Å². The molecule has 0 bridgehead atoms. The van der Waals surface area contributed by atoms with Crippen molar-refractivity contribution in [3.63, 3.8) is 0 Å². The summed E-state index contributed by atoms with van der Waals surface area (Å²) in [5.41, 5.74) is 0. The highest BCUT2D eigenvalue weighted by Gasteiger charge is 2.16. The summed E-state index contributed by atoms with van der Waals surface area (Å²) in [6.07, 6.45) is 12.1. The summed E-state index contributed by atoms with van der Waals surface area (Å²) in [6.45, 7) is 7.07. The van der Waals surface area contributed by atoms with Crippen LogP contribution in [-0.2, 0) is 4.74 Å².